The average molecular weight is 409 g/mol. The SMILES string of the molecule is Cc1cc(C(=O)COC(=O)/C=C/c2ccc(F)cc2)c(C)n1Cc1ccc(F)cc1. The van der Waals surface area contributed by atoms with Crippen molar-refractivity contribution in [1.82, 2.24) is 4.57 Å². The van der Waals surface area contributed by atoms with Gasteiger partial charge in [0, 0.05) is 29.6 Å². The van der Waals surface area contributed by atoms with E-state index in [1.165, 1.54) is 48.6 Å². The lowest BCUT2D eigenvalue weighted by atomic mass is 10.1. The Morgan fingerprint density at radius 2 is 1.57 bits per heavy atom. The summed E-state index contributed by atoms with van der Waals surface area (Å²) in [6.07, 6.45) is 2.68. The molecule has 2 aromatic carbocycles. The Bertz CT molecular complexity index is 1080. The molecule has 0 saturated carbocycles. The molecule has 0 aliphatic carbocycles. The number of benzene rings is 2. The molecule has 0 radical (unpaired) electrons. The summed E-state index contributed by atoms with van der Waals surface area (Å²) in [5.41, 5.74) is 3.66. The zero-order chi connectivity index (χ0) is 21.7. The van der Waals surface area contributed by atoms with E-state index in [9.17, 15) is 18.4 Å². The molecule has 3 rings (SSSR count). The van der Waals surface area contributed by atoms with E-state index < -0.39 is 5.97 Å². The van der Waals surface area contributed by atoms with Crippen molar-refractivity contribution in [3.05, 3.63) is 100 Å². The predicted molar refractivity (Wildman–Crippen MR) is 110 cm³/mol. The lowest BCUT2D eigenvalue weighted by Gasteiger charge is -2.10. The van der Waals surface area contributed by atoms with Crippen molar-refractivity contribution < 1.29 is 23.1 Å². The van der Waals surface area contributed by atoms with Gasteiger partial charge >= 0.3 is 5.97 Å². The molecule has 0 aliphatic heterocycles. The number of halogens is 2. The van der Waals surface area contributed by atoms with Crippen LogP contribution in [-0.4, -0.2) is 22.9 Å². The lowest BCUT2D eigenvalue weighted by molar-refractivity contribution is -0.136. The van der Waals surface area contributed by atoms with E-state index in [-0.39, 0.29) is 24.0 Å². The van der Waals surface area contributed by atoms with Gasteiger partial charge in [0.25, 0.3) is 0 Å². The molecule has 0 unspecified atom stereocenters. The number of rotatable bonds is 7. The first-order valence-electron chi connectivity index (χ1n) is 9.38. The third kappa shape index (κ3) is 5.29. The Morgan fingerprint density at radius 3 is 2.20 bits per heavy atom. The van der Waals surface area contributed by atoms with Crippen LogP contribution in [0.3, 0.4) is 0 Å². The van der Waals surface area contributed by atoms with E-state index in [2.05, 4.69) is 0 Å². The lowest BCUT2D eigenvalue weighted by Crippen LogP contribution is -2.13. The number of hydrogen-bond acceptors (Lipinski definition) is 3. The molecule has 6 heteroatoms. The maximum absolute atomic E-state index is 13.1. The van der Waals surface area contributed by atoms with E-state index in [4.69, 9.17) is 4.74 Å². The van der Waals surface area contributed by atoms with E-state index in [0.29, 0.717) is 17.7 Å². The molecular formula is C24H21F2NO3. The number of aryl methyl sites for hydroxylation is 1. The first-order valence-corrected chi connectivity index (χ1v) is 9.38. The largest absolute Gasteiger partial charge is 0.454 e. The number of aromatic nitrogens is 1. The summed E-state index contributed by atoms with van der Waals surface area (Å²) in [5, 5.41) is 0. The molecule has 3 aromatic rings. The summed E-state index contributed by atoms with van der Waals surface area (Å²) >= 11 is 0. The second-order valence-electron chi connectivity index (χ2n) is 6.91. The number of Topliss-reactive ketones (excluding diaryl/α,β-unsaturated/α-hetero) is 1. The molecule has 4 nitrogen and oxygen atoms in total. The number of hydrogen-bond donors (Lipinski definition) is 0. The molecular weight excluding hydrogens is 388 g/mol. The van der Waals surface area contributed by atoms with E-state index in [1.807, 2.05) is 18.4 Å². The van der Waals surface area contributed by atoms with Crippen molar-refractivity contribution in [1.29, 1.82) is 0 Å². The molecule has 0 aliphatic rings. The second kappa shape index (κ2) is 9.31. The summed E-state index contributed by atoms with van der Waals surface area (Å²) in [5.74, 6) is -1.63. The Hall–Kier alpha value is -3.54. The summed E-state index contributed by atoms with van der Waals surface area (Å²) in [6, 6.07) is 13.6. The van der Waals surface area contributed by atoms with Crippen molar-refractivity contribution >= 4 is 17.8 Å². The zero-order valence-electron chi connectivity index (χ0n) is 16.7. The highest BCUT2D eigenvalue weighted by atomic mass is 19.1. The van der Waals surface area contributed by atoms with Crippen LogP contribution >= 0.6 is 0 Å². The Kier molecular flexibility index (Phi) is 6.57. The maximum atomic E-state index is 13.1. The van der Waals surface area contributed by atoms with E-state index >= 15 is 0 Å². The maximum Gasteiger partial charge on any atom is 0.331 e. The number of carbonyl (C=O) groups is 2. The number of ether oxygens (including phenoxy) is 1. The third-order valence-electron chi connectivity index (χ3n) is 4.76. The van der Waals surface area contributed by atoms with Crippen molar-refractivity contribution in [3.8, 4) is 0 Å². The Morgan fingerprint density at radius 1 is 0.967 bits per heavy atom. The third-order valence-corrected chi connectivity index (χ3v) is 4.76. The molecule has 0 spiro atoms. The number of esters is 1. The number of nitrogens with zero attached hydrogens (tertiary/aromatic N) is 1. The first kappa shape index (κ1) is 21.2. The minimum absolute atomic E-state index is 0.300. The molecule has 1 aromatic heterocycles. The Balaban J connectivity index is 1.62. The minimum Gasteiger partial charge on any atom is -0.454 e. The van der Waals surface area contributed by atoms with Crippen molar-refractivity contribution in [2.45, 2.75) is 20.4 Å². The van der Waals surface area contributed by atoms with Gasteiger partial charge in [-0.25, -0.2) is 13.6 Å². The van der Waals surface area contributed by atoms with Gasteiger partial charge in [-0.1, -0.05) is 24.3 Å². The fourth-order valence-corrected chi connectivity index (χ4v) is 3.10. The Labute approximate surface area is 173 Å². The minimum atomic E-state index is -0.659. The van der Waals surface area contributed by atoms with Crippen molar-refractivity contribution in [2.75, 3.05) is 6.61 Å². The van der Waals surface area contributed by atoms with Gasteiger partial charge in [0.15, 0.2) is 6.61 Å². The van der Waals surface area contributed by atoms with Gasteiger partial charge in [0.2, 0.25) is 5.78 Å². The molecule has 154 valence electrons. The van der Waals surface area contributed by atoms with E-state index in [0.717, 1.165) is 17.0 Å². The molecule has 0 bridgehead atoms. The van der Waals surface area contributed by atoms with Gasteiger partial charge in [-0.2, -0.15) is 0 Å². The first-order chi connectivity index (χ1) is 14.3. The smallest absolute Gasteiger partial charge is 0.331 e. The molecule has 0 atom stereocenters. The van der Waals surface area contributed by atoms with Gasteiger partial charge in [-0.15, -0.1) is 0 Å². The molecule has 0 N–H and O–H groups in total. The van der Waals surface area contributed by atoms with Crippen molar-refractivity contribution in [2.24, 2.45) is 0 Å². The molecule has 0 amide bonds. The van der Waals surface area contributed by atoms with Crippen LogP contribution in [0.5, 0.6) is 0 Å². The van der Waals surface area contributed by atoms with Crippen LogP contribution in [0.25, 0.3) is 6.08 Å². The van der Waals surface area contributed by atoms with Gasteiger partial charge in [0.1, 0.15) is 11.6 Å². The number of carbonyl (C=O) groups excluding carboxylic acids is 2. The standard InChI is InChI=1S/C24H21F2NO3/c1-16-13-22(17(2)27(16)14-19-5-10-21(26)11-6-19)23(28)15-30-24(29)12-7-18-3-8-20(25)9-4-18/h3-13H,14-15H2,1-2H3/b12-7+. The highest BCUT2D eigenvalue weighted by Crippen LogP contribution is 2.18. The van der Waals surface area contributed by atoms with Crippen LogP contribution in [0.1, 0.15) is 32.9 Å². The normalized spacial score (nSPS) is 11.1. The fraction of sp³-hybridized carbons (Fsp3) is 0.167. The van der Waals surface area contributed by atoms with Crippen LogP contribution in [-0.2, 0) is 16.1 Å². The van der Waals surface area contributed by atoms with Crippen LogP contribution in [0.4, 0.5) is 8.78 Å². The fourth-order valence-electron chi connectivity index (χ4n) is 3.10. The number of ketones is 1. The van der Waals surface area contributed by atoms with Crippen LogP contribution in [0, 0.1) is 25.5 Å². The summed E-state index contributed by atoms with van der Waals surface area (Å²) < 4.78 is 33.0. The molecule has 0 fully saturated rings. The summed E-state index contributed by atoms with van der Waals surface area (Å²) in [6.45, 7) is 3.82. The zero-order valence-corrected chi connectivity index (χ0v) is 16.7. The van der Waals surface area contributed by atoms with Gasteiger partial charge in [-0.05, 0) is 61.4 Å². The monoisotopic (exact) mass is 409 g/mol. The second-order valence-corrected chi connectivity index (χ2v) is 6.91. The van der Waals surface area contributed by atoms with E-state index in [1.54, 1.807) is 18.2 Å². The van der Waals surface area contributed by atoms with Crippen molar-refractivity contribution in [3.63, 3.8) is 0 Å². The summed E-state index contributed by atoms with van der Waals surface area (Å²) in [7, 11) is 0. The molecule has 30 heavy (non-hydrogen) atoms. The highest BCUT2D eigenvalue weighted by molar-refractivity contribution is 6.00. The molecule has 0 saturated heterocycles. The van der Waals surface area contributed by atoms with Gasteiger partial charge in [0.05, 0.1) is 0 Å². The summed E-state index contributed by atoms with van der Waals surface area (Å²) in [4.78, 5) is 24.4. The van der Waals surface area contributed by atoms with Crippen LogP contribution < -0.4 is 0 Å². The predicted octanol–water partition coefficient (Wildman–Crippen LogP) is 4.87. The average Bonchev–Trinajstić information content (AvgIpc) is 3.01. The van der Waals surface area contributed by atoms with Gasteiger partial charge in [-0.3, -0.25) is 4.79 Å². The van der Waals surface area contributed by atoms with Gasteiger partial charge < -0.3 is 9.30 Å². The van der Waals surface area contributed by atoms with Crippen LogP contribution in [0.15, 0.2) is 60.7 Å². The molecule has 1 heterocycles. The topological polar surface area (TPSA) is 48.3 Å². The quantitative estimate of drug-likeness (QED) is 0.318. The van der Waals surface area contributed by atoms with Crippen LogP contribution in [0.2, 0.25) is 0 Å². The highest BCUT2D eigenvalue weighted by Gasteiger charge is 2.17.